The highest BCUT2D eigenvalue weighted by Crippen LogP contribution is 2.37. The summed E-state index contributed by atoms with van der Waals surface area (Å²) in [5.41, 5.74) is 1.47. The zero-order valence-electron chi connectivity index (χ0n) is 13.3. The first-order valence-corrected chi connectivity index (χ1v) is 7.78. The number of methoxy groups -OCH3 is 1. The number of benzene rings is 2. The van der Waals surface area contributed by atoms with Crippen LogP contribution in [-0.4, -0.2) is 25.3 Å². The molecule has 5 heteroatoms. The third-order valence-corrected chi connectivity index (χ3v) is 4.05. The SMILES string of the molecule is C#CCOc1c(Cl)cc(C=C2C(=O)c3ccccc3C2=O)cc1OC. The molecule has 0 amide bonds. The molecule has 4 nitrogen and oxygen atoms in total. The maximum absolute atomic E-state index is 12.5. The van der Waals surface area contributed by atoms with E-state index in [4.69, 9.17) is 27.5 Å². The first-order chi connectivity index (χ1) is 12.1. The van der Waals surface area contributed by atoms with Crippen molar-refractivity contribution in [3.63, 3.8) is 0 Å². The second-order valence-corrected chi connectivity index (χ2v) is 5.70. The molecule has 0 aliphatic heterocycles. The van der Waals surface area contributed by atoms with Crippen molar-refractivity contribution in [3.05, 3.63) is 63.7 Å². The molecule has 0 radical (unpaired) electrons. The average Bonchev–Trinajstić information content (AvgIpc) is 2.86. The molecule has 1 aliphatic rings. The van der Waals surface area contributed by atoms with Gasteiger partial charge in [-0.25, -0.2) is 0 Å². The molecule has 0 saturated heterocycles. The maximum atomic E-state index is 12.5. The first kappa shape index (κ1) is 16.8. The second kappa shape index (κ2) is 6.84. The fourth-order valence-electron chi connectivity index (χ4n) is 2.65. The predicted molar refractivity (Wildman–Crippen MR) is 95.4 cm³/mol. The van der Waals surface area contributed by atoms with Crippen LogP contribution in [-0.2, 0) is 0 Å². The van der Waals surface area contributed by atoms with Crippen LogP contribution in [0.3, 0.4) is 0 Å². The van der Waals surface area contributed by atoms with Crippen molar-refractivity contribution in [3.8, 4) is 23.8 Å². The maximum Gasteiger partial charge on any atom is 0.197 e. The number of ketones is 2. The Labute approximate surface area is 150 Å². The summed E-state index contributed by atoms with van der Waals surface area (Å²) in [5.74, 6) is 2.43. The third kappa shape index (κ3) is 3.02. The number of rotatable bonds is 4. The van der Waals surface area contributed by atoms with Crippen LogP contribution < -0.4 is 9.47 Å². The quantitative estimate of drug-likeness (QED) is 0.477. The number of ether oxygens (including phenoxy) is 2. The summed E-state index contributed by atoms with van der Waals surface area (Å²) in [7, 11) is 1.47. The second-order valence-electron chi connectivity index (χ2n) is 5.29. The van der Waals surface area contributed by atoms with Gasteiger partial charge in [0.1, 0.15) is 6.61 Å². The van der Waals surface area contributed by atoms with E-state index in [2.05, 4.69) is 5.92 Å². The van der Waals surface area contributed by atoms with Gasteiger partial charge >= 0.3 is 0 Å². The lowest BCUT2D eigenvalue weighted by atomic mass is 10.1. The largest absolute Gasteiger partial charge is 0.493 e. The number of Topliss-reactive ketones (excluding diaryl/α,β-unsaturated/α-hetero) is 2. The Bertz CT molecular complexity index is 914. The predicted octanol–water partition coefficient (Wildman–Crippen LogP) is 3.82. The van der Waals surface area contributed by atoms with E-state index >= 15 is 0 Å². The molecule has 0 saturated carbocycles. The highest BCUT2D eigenvalue weighted by molar-refractivity contribution is 6.41. The van der Waals surface area contributed by atoms with Crippen LogP contribution in [0.1, 0.15) is 26.3 Å². The summed E-state index contributed by atoms with van der Waals surface area (Å²) in [6, 6.07) is 9.96. The van der Waals surface area contributed by atoms with Gasteiger partial charge in [-0.2, -0.15) is 0 Å². The lowest BCUT2D eigenvalue weighted by Gasteiger charge is -2.11. The highest BCUT2D eigenvalue weighted by atomic mass is 35.5. The molecule has 0 heterocycles. The van der Waals surface area contributed by atoms with Crippen molar-refractivity contribution in [1.29, 1.82) is 0 Å². The minimum absolute atomic E-state index is 0.0444. The summed E-state index contributed by atoms with van der Waals surface area (Å²) in [5, 5.41) is 0.275. The Balaban J connectivity index is 2.03. The lowest BCUT2D eigenvalue weighted by molar-refractivity contribution is 0.0990. The monoisotopic (exact) mass is 352 g/mol. The molecule has 25 heavy (non-hydrogen) atoms. The van der Waals surface area contributed by atoms with Crippen LogP contribution in [0.4, 0.5) is 0 Å². The molecule has 0 spiro atoms. The van der Waals surface area contributed by atoms with Crippen molar-refractivity contribution >= 4 is 29.2 Å². The molecule has 0 unspecified atom stereocenters. The van der Waals surface area contributed by atoms with Gasteiger partial charge in [-0.3, -0.25) is 9.59 Å². The van der Waals surface area contributed by atoms with Crippen molar-refractivity contribution in [2.45, 2.75) is 0 Å². The standard InChI is InChI=1S/C20H13ClO4/c1-3-8-25-20-16(21)10-12(11-17(20)24-2)9-15-18(22)13-6-4-5-7-14(13)19(15)23/h1,4-7,9-11H,8H2,2H3. The zero-order valence-corrected chi connectivity index (χ0v) is 14.1. The van der Waals surface area contributed by atoms with E-state index < -0.39 is 0 Å². The Morgan fingerprint density at radius 3 is 2.36 bits per heavy atom. The van der Waals surface area contributed by atoms with E-state index in [1.807, 2.05) is 0 Å². The number of allylic oxidation sites excluding steroid dienone is 1. The summed E-state index contributed by atoms with van der Waals surface area (Å²) < 4.78 is 10.6. The summed E-state index contributed by atoms with van der Waals surface area (Å²) in [4.78, 5) is 24.9. The van der Waals surface area contributed by atoms with Gasteiger partial charge in [0.15, 0.2) is 23.1 Å². The molecule has 0 N–H and O–H groups in total. The van der Waals surface area contributed by atoms with E-state index in [9.17, 15) is 9.59 Å². The van der Waals surface area contributed by atoms with Gasteiger partial charge in [0.05, 0.1) is 17.7 Å². The van der Waals surface area contributed by atoms with Crippen LogP contribution in [0.2, 0.25) is 5.02 Å². The summed E-state index contributed by atoms with van der Waals surface area (Å²) >= 11 is 6.22. The van der Waals surface area contributed by atoms with Gasteiger partial charge < -0.3 is 9.47 Å². The minimum atomic E-state index is -0.302. The molecule has 1 aliphatic carbocycles. The average molecular weight is 353 g/mol. The fourth-order valence-corrected chi connectivity index (χ4v) is 2.92. The van der Waals surface area contributed by atoms with Gasteiger partial charge in [-0.1, -0.05) is 41.8 Å². The topological polar surface area (TPSA) is 52.6 Å². The van der Waals surface area contributed by atoms with Crippen molar-refractivity contribution < 1.29 is 19.1 Å². The van der Waals surface area contributed by atoms with Gasteiger partial charge in [0.25, 0.3) is 0 Å². The highest BCUT2D eigenvalue weighted by Gasteiger charge is 2.32. The van der Waals surface area contributed by atoms with Crippen molar-refractivity contribution in [2.75, 3.05) is 13.7 Å². The fraction of sp³-hybridized carbons (Fsp3) is 0.100. The molecular weight excluding hydrogens is 340 g/mol. The Morgan fingerprint density at radius 2 is 1.80 bits per heavy atom. The molecule has 0 atom stereocenters. The van der Waals surface area contributed by atoms with E-state index in [0.29, 0.717) is 28.2 Å². The summed E-state index contributed by atoms with van der Waals surface area (Å²) in [6.07, 6.45) is 6.69. The van der Waals surface area contributed by atoms with Crippen LogP contribution in [0.5, 0.6) is 11.5 Å². The van der Waals surface area contributed by atoms with Crippen LogP contribution in [0.25, 0.3) is 6.08 Å². The zero-order chi connectivity index (χ0) is 18.0. The van der Waals surface area contributed by atoms with E-state index in [-0.39, 0.29) is 28.8 Å². The van der Waals surface area contributed by atoms with Crippen molar-refractivity contribution in [2.24, 2.45) is 0 Å². The molecule has 0 aromatic heterocycles. The van der Waals surface area contributed by atoms with Crippen LogP contribution >= 0.6 is 11.6 Å². The number of halogens is 1. The molecule has 124 valence electrons. The number of carbonyl (C=O) groups is 2. The number of hydrogen-bond acceptors (Lipinski definition) is 4. The minimum Gasteiger partial charge on any atom is -0.493 e. The smallest absolute Gasteiger partial charge is 0.197 e. The Morgan fingerprint density at radius 1 is 1.16 bits per heavy atom. The summed E-state index contributed by atoms with van der Waals surface area (Å²) in [6.45, 7) is 0.0444. The molecular formula is C20H13ClO4. The number of fused-ring (bicyclic) bond motifs is 1. The van der Waals surface area contributed by atoms with Gasteiger partial charge in [0, 0.05) is 11.1 Å². The number of carbonyl (C=O) groups excluding carboxylic acids is 2. The number of terminal acetylenes is 1. The normalized spacial score (nSPS) is 12.6. The lowest BCUT2D eigenvalue weighted by Crippen LogP contribution is -2.01. The molecule has 2 aromatic rings. The molecule has 2 aromatic carbocycles. The Hall–Kier alpha value is -3.03. The number of hydrogen-bond donors (Lipinski definition) is 0. The third-order valence-electron chi connectivity index (χ3n) is 3.77. The van der Waals surface area contributed by atoms with Gasteiger partial charge in [0.2, 0.25) is 0 Å². The molecule has 3 rings (SSSR count). The van der Waals surface area contributed by atoms with Crippen molar-refractivity contribution in [1.82, 2.24) is 0 Å². The van der Waals surface area contributed by atoms with Crippen LogP contribution in [0.15, 0.2) is 42.0 Å². The molecule has 0 fully saturated rings. The van der Waals surface area contributed by atoms with Gasteiger partial charge in [-0.15, -0.1) is 6.42 Å². The van der Waals surface area contributed by atoms with E-state index in [0.717, 1.165) is 0 Å². The van der Waals surface area contributed by atoms with E-state index in [1.54, 1.807) is 36.4 Å². The van der Waals surface area contributed by atoms with Gasteiger partial charge in [-0.05, 0) is 23.8 Å². The first-order valence-electron chi connectivity index (χ1n) is 7.40. The molecule has 0 bridgehead atoms. The Kier molecular flexibility index (Phi) is 4.60. The van der Waals surface area contributed by atoms with Crippen LogP contribution in [0, 0.1) is 12.3 Å². The van der Waals surface area contributed by atoms with E-state index in [1.165, 1.54) is 13.2 Å².